The van der Waals surface area contributed by atoms with Crippen molar-refractivity contribution in [2.75, 3.05) is 6.79 Å². The van der Waals surface area contributed by atoms with Crippen LogP contribution in [-0.2, 0) is 11.3 Å². The Morgan fingerprint density at radius 2 is 1.81 bits per heavy atom. The molecule has 3 heterocycles. The summed E-state index contributed by atoms with van der Waals surface area (Å²) in [4.78, 5) is 15.4. The standard InChI is InChI=1S/C27H18FN3O3S2/c28-20-9-7-18(8-10-20)25-19(15-31(29-25)21-4-2-1-3-5-21)13-24-26(32)30(27(35)36-24)14-17-6-11-22-23(12-17)34-16-33-22/h1-13,15H,14,16H2. The van der Waals surface area contributed by atoms with E-state index in [1.807, 2.05) is 54.7 Å². The lowest BCUT2D eigenvalue weighted by atomic mass is 10.1. The summed E-state index contributed by atoms with van der Waals surface area (Å²) in [7, 11) is 0. The van der Waals surface area contributed by atoms with Crippen molar-refractivity contribution >= 4 is 40.3 Å². The molecule has 6 nitrogen and oxygen atoms in total. The number of rotatable bonds is 5. The van der Waals surface area contributed by atoms with Crippen molar-refractivity contribution in [2.24, 2.45) is 0 Å². The number of carbonyl (C=O) groups excluding carboxylic acids is 1. The first kappa shape index (κ1) is 22.5. The summed E-state index contributed by atoms with van der Waals surface area (Å²) in [5.74, 6) is 0.839. The zero-order valence-electron chi connectivity index (χ0n) is 18.8. The van der Waals surface area contributed by atoms with E-state index in [9.17, 15) is 9.18 Å². The molecule has 0 atom stereocenters. The lowest BCUT2D eigenvalue weighted by Gasteiger charge is -2.14. The zero-order chi connectivity index (χ0) is 24.6. The molecule has 178 valence electrons. The lowest BCUT2D eigenvalue weighted by Crippen LogP contribution is -2.27. The van der Waals surface area contributed by atoms with E-state index in [4.69, 9.17) is 26.8 Å². The maximum atomic E-state index is 13.6. The molecule has 0 unspecified atom stereocenters. The number of aromatic nitrogens is 2. The molecule has 2 aliphatic heterocycles. The summed E-state index contributed by atoms with van der Waals surface area (Å²) in [6.07, 6.45) is 3.66. The molecule has 2 aliphatic rings. The average Bonchev–Trinajstić information content (AvgIpc) is 3.60. The van der Waals surface area contributed by atoms with Crippen molar-refractivity contribution in [1.29, 1.82) is 0 Å². The second kappa shape index (κ2) is 9.25. The zero-order valence-corrected chi connectivity index (χ0v) is 20.4. The van der Waals surface area contributed by atoms with Crippen LogP contribution in [-0.4, -0.2) is 31.7 Å². The highest BCUT2D eigenvalue weighted by Crippen LogP contribution is 2.37. The molecule has 4 aromatic rings. The quantitative estimate of drug-likeness (QED) is 0.247. The minimum atomic E-state index is -0.327. The monoisotopic (exact) mass is 515 g/mol. The normalized spacial score (nSPS) is 15.8. The largest absolute Gasteiger partial charge is 0.454 e. The van der Waals surface area contributed by atoms with Gasteiger partial charge >= 0.3 is 0 Å². The van der Waals surface area contributed by atoms with Crippen molar-refractivity contribution < 1.29 is 18.7 Å². The molecule has 6 rings (SSSR count). The summed E-state index contributed by atoms with van der Waals surface area (Å²) >= 11 is 6.79. The summed E-state index contributed by atoms with van der Waals surface area (Å²) in [5, 5.41) is 4.74. The van der Waals surface area contributed by atoms with Crippen LogP contribution in [0, 0.1) is 5.82 Å². The summed E-state index contributed by atoms with van der Waals surface area (Å²) in [6, 6.07) is 21.4. The van der Waals surface area contributed by atoms with E-state index in [1.165, 1.54) is 23.9 Å². The fourth-order valence-electron chi connectivity index (χ4n) is 4.04. The van der Waals surface area contributed by atoms with Crippen LogP contribution < -0.4 is 9.47 Å². The number of carbonyl (C=O) groups is 1. The van der Waals surface area contributed by atoms with Gasteiger partial charge in [-0.3, -0.25) is 9.69 Å². The van der Waals surface area contributed by atoms with Crippen molar-refractivity contribution in [2.45, 2.75) is 6.54 Å². The van der Waals surface area contributed by atoms with E-state index >= 15 is 0 Å². The lowest BCUT2D eigenvalue weighted by molar-refractivity contribution is -0.122. The van der Waals surface area contributed by atoms with Crippen LogP contribution in [0.2, 0.25) is 0 Å². The van der Waals surface area contributed by atoms with E-state index in [0.29, 0.717) is 33.0 Å². The third-order valence-electron chi connectivity index (χ3n) is 5.82. The topological polar surface area (TPSA) is 56.6 Å². The Kier molecular flexibility index (Phi) is 5.79. The predicted molar refractivity (Wildman–Crippen MR) is 140 cm³/mol. The molecule has 1 saturated heterocycles. The van der Waals surface area contributed by atoms with Gasteiger partial charge in [-0.15, -0.1) is 0 Å². The van der Waals surface area contributed by atoms with E-state index in [2.05, 4.69) is 0 Å². The Balaban J connectivity index is 1.33. The molecule has 0 bridgehead atoms. The SMILES string of the molecule is O=C1C(=Cc2cn(-c3ccccc3)nc2-c2ccc(F)cc2)SC(=S)N1Cc1ccc2c(c1)OCO2. The Hall–Kier alpha value is -3.95. The van der Waals surface area contributed by atoms with Crippen LogP contribution in [0.4, 0.5) is 4.39 Å². The van der Waals surface area contributed by atoms with E-state index in [0.717, 1.165) is 22.4 Å². The van der Waals surface area contributed by atoms with Crippen molar-refractivity contribution in [3.05, 3.63) is 101 Å². The number of hydrogen-bond donors (Lipinski definition) is 0. The fourth-order valence-corrected chi connectivity index (χ4v) is 5.28. The van der Waals surface area contributed by atoms with Crippen molar-refractivity contribution in [3.8, 4) is 28.4 Å². The molecule has 0 N–H and O–H groups in total. The van der Waals surface area contributed by atoms with Crippen LogP contribution in [0.5, 0.6) is 11.5 Å². The van der Waals surface area contributed by atoms with Gasteiger partial charge in [0.2, 0.25) is 6.79 Å². The summed E-state index contributed by atoms with van der Waals surface area (Å²) in [6.45, 7) is 0.516. The highest BCUT2D eigenvalue weighted by atomic mass is 32.2. The van der Waals surface area contributed by atoms with Crippen molar-refractivity contribution in [3.63, 3.8) is 0 Å². The number of halogens is 1. The Labute approximate surface area is 215 Å². The van der Waals surface area contributed by atoms with Gasteiger partial charge in [0.05, 0.1) is 22.8 Å². The first-order chi connectivity index (χ1) is 17.5. The van der Waals surface area contributed by atoms with Crippen molar-refractivity contribution in [1.82, 2.24) is 14.7 Å². The number of amides is 1. The molecular formula is C27H18FN3O3S2. The molecule has 36 heavy (non-hydrogen) atoms. The maximum absolute atomic E-state index is 13.6. The van der Waals surface area contributed by atoms with Crippen LogP contribution in [0.3, 0.4) is 0 Å². The van der Waals surface area contributed by atoms with Gasteiger partial charge in [-0.2, -0.15) is 5.10 Å². The molecule has 0 spiro atoms. The third-order valence-corrected chi connectivity index (χ3v) is 7.20. The first-order valence-corrected chi connectivity index (χ1v) is 12.3. The molecule has 0 saturated carbocycles. The van der Waals surface area contributed by atoms with Gasteiger partial charge in [-0.1, -0.05) is 48.2 Å². The van der Waals surface area contributed by atoms with Gasteiger partial charge in [0.15, 0.2) is 11.5 Å². The van der Waals surface area contributed by atoms with Crippen LogP contribution in [0.15, 0.2) is 83.9 Å². The third kappa shape index (κ3) is 4.27. The van der Waals surface area contributed by atoms with Gasteiger partial charge in [-0.25, -0.2) is 9.07 Å². The van der Waals surface area contributed by atoms with E-state index in [-0.39, 0.29) is 18.5 Å². The van der Waals surface area contributed by atoms with Gasteiger partial charge in [0, 0.05) is 17.3 Å². The number of thioether (sulfide) groups is 1. The minimum Gasteiger partial charge on any atom is -0.454 e. The van der Waals surface area contributed by atoms with Gasteiger partial charge < -0.3 is 9.47 Å². The maximum Gasteiger partial charge on any atom is 0.266 e. The van der Waals surface area contributed by atoms with Crippen LogP contribution >= 0.6 is 24.0 Å². The number of benzene rings is 3. The van der Waals surface area contributed by atoms with Crippen LogP contribution in [0.25, 0.3) is 23.0 Å². The molecule has 1 aromatic heterocycles. The second-order valence-electron chi connectivity index (χ2n) is 8.18. The molecule has 9 heteroatoms. The molecule has 0 radical (unpaired) electrons. The first-order valence-electron chi connectivity index (χ1n) is 11.1. The number of para-hydroxylation sites is 1. The number of hydrogen-bond acceptors (Lipinski definition) is 6. The smallest absolute Gasteiger partial charge is 0.266 e. The molecule has 0 aliphatic carbocycles. The number of nitrogens with zero attached hydrogens (tertiary/aromatic N) is 3. The highest BCUT2D eigenvalue weighted by Gasteiger charge is 2.33. The second-order valence-corrected chi connectivity index (χ2v) is 9.85. The number of thiocarbonyl (C=S) groups is 1. The fraction of sp³-hybridized carbons (Fsp3) is 0.0741. The summed E-state index contributed by atoms with van der Waals surface area (Å²) in [5.41, 5.74) is 3.87. The molecule has 1 fully saturated rings. The molecule has 1 amide bonds. The Bertz CT molecular complexity index is 1520. The summed E-state index contributed by atoms with van der Waals surface area (Å²) < 4.78 is 26.6. The molecule has 3 aromatic carbocycles. The number of ether oxygens (including phenoxy) is 2. The van der Waals surface area contributed by atoms with Crippen LogP contribution in [0.1, 0.15) is 11.1 Å². The van der Waals surface area contributed by atoms with E-state index in [1.54, 1.807) is 27.8 Å². The number of fused-ring (bicyclic) bond motifs is 1. The predicted octanol–water partition coefficient (Wildman–Crippen LogP) is 5.81. The van der Waals surface area contributed by atoms with Gasteiger partial charge in [0.25, 0.3) is 5.91 Å². The average molecular weight is 516 g/mol. The molecular weight excluding hydrogens is 497 g/mol. The Morgan fingerprint density at radius 1 is 1.03 bits per heavy atom. The highest BCUT2D eigenvalue weighted by molar-refractivity contribution is 8.26. The minimum absolute atomic E-state index is 0.180. The van der Waals surface area contributed by atoms with Gasteiger partial charge in [0.1, 0.15) is 10.1 Å². The van der Waals surface area contributed by atoms with E-state index < -0.39 is 0 Å². The Morgan fingerprint density at radius 3 is 2.61 bits per heavy atom. The van der Waals surface area contributed by atoms with Gasteiger partial charge in [-0.05, 0) is 60.2 Å².